The zero-order valence-electron chi connectivity index (χ0n) is 7.03. The lowest BCUT2D eigenvalue weighted by atomic mass is 10.1. The van der Waals surface area contributed by atoms with Crippen LogP contribution in [0.4, 0.5) is 0 Å². The Bertz CT molecular complexity index is 505. The lowest BCUT2D eigenvalue weighted by Crippen LogP contribution is -1.70. The highest BCUT2D eigenvalue weighted by Crippen LogP contribution is 2.32. The molecule has 13 heavy (non-hydrogen) atoms. The first-order valence-electron chi connectivity index (χ1n) is 3.85. The Labute approximate surface area is 74.8 Å². The zero-order valence-corrected chi connectivity index (χ0v) is 7.03. The summed E-state index contributed by atoms with van der Waals surface area (Å²) >= 11 is 0. The van der Waals surface area contributed by atoms with Crippen LogP contribution in [0.25, 0.3) is 11.0 Å². The van der Waals surface area contributed by atoms with Crippen molar-refractivity contribution in [1.29, 1.82) is 5.26 Å². The molecule has 0 fully saturated rings. The molecule has 0 unspecified atom stereocenters. The zero-order chi connectivity index (χ0) is 9.42. The van der Waals surface area contributed by atoms with Crippen molar-refractivity contribution in [2.45, 2.75) is 6.92 Å². The Morgan fingerprint density at radius 3 is 2.85 bits per heavy atom. The molecule has 64 valence electrons. The highest BCUT2D eigenvalue weighted by Gasteiger charge is 2.13. The van der Waals surface area contributed by atoms with Crippen LogP contribution in [0.1, 0.15) is 11.3 Å². The van der Waals surface area contributed by atoms with Gasteiger partial charge in [0.05, 0.1) is 5.39 Å². The Hall–Kier alpha value is -1.95. The standard InChI is InChI=1S/C10H7NO2/c1-6-3-2-4-7-9(12)8(5-11)13-10(6)7/h2-4,12H,1H3. The number of aryl methyl sites for hydroxylation is 1. The van der Waals surface area contributed by atoms with Crippen LogP contribution in [0.3, 0.4) is 0 Å². The summed E-state index contributed by atoms with van der Waals surface area (Å²) in [6, 6.07) is 7.20. The van der Waals surface area contributed by atoms with Gasteiger partial charge in [-0.15, -0.1) is 0 Å². The predicted molar refractivity (Wildman–Crippen MR) is 47.3 cm³/mol. The van der Waals surface area contributed by atoms with Crippen molar-refractivity contribution in [1.82, 2.24) is 0 Å². The molecule has 0 radical (unpaired) electrons. The largest absolute Gasteiger partial charge is 0.503 e. The van der Waals surface area contributed by atoms with E-state index in [0.717, 1.165) is 5.56 Å². The SMILES string of the molecule is Cc1cccc2c(O)c(C#N)oc12. The molecule has 3 nitrogen and oxygen atoms in total. The maximum Gasteiger partial charge on any atom is 0.246 e. The van der Waals surface area contributed by atoms with Crippen molar-refractivity contribution < 1.29 is 9.52 Å². The minimum absolute atomic E-state index is 0.0238. The fourth-order valence-corrected chi connectivity index (χ4v) is 1.32. The molecule has 3 heteroatoms. The van der Waals surface area contributed by atoms with E-state index in [2.05, 4.69) is 0 Å². The number of furan rings is 1. The van der Waals surface area contributed by atoms with Gasteiger partial charge in [-0.05, 0) is 18.6 Å². The van der Waals surface area contributed by atoms with Crippen LogP contribution in [0.5, 0.6) is 5.75 Å². The maximum atomic E-state index is 9.50. The second-order valence-electron chi connectivity index (χ2n) is 2.84. The average Bonchev–Trinajstić information content (AvgIpc) is 2.45. The third-order valence-electron chi connectivity index (χ3n) is 1.99. The molecule has 0 atom stereocenters. The van der Waals surface area contributed by atoms with Gasteiger partial charge in [-0.2, -0.15) is 5.26 Å². The van der Waals surface area contributed by atoms with Crippen molar-refractivity contribution in [2.75, 3.05) is 0 Å². The van der Waals surface area contributed by atoms with Crippen LogP contribution in [-0.2, 0) is 0 Å². The summed E-state index contributed by atoms with van der Waals surface area (Å²) in [5.41, 5.74) is 1.49. The number of nitriles is 1. The highest BCUT2D eigenvalue weighted by atomic mass is 16.4. The van der Waals surface area contributed by atoms with Crippen molar-refractivity contribution in [3.8, 4) is 11.8 Å². The van der Waals surface area contributed by atoms with E-state index in [0.29, 0.717) is 11.0 Å². The average molecular weight is 173 g/mol. The van der Waals surface area contributed by atoms with E-state index in [1.807, 2.05) is 19.1 Å². The minimum Gasteiger partial charge on any atom is -0.503 e. The first-order valence-corrected chi connectivity index (χ1v) is 3.85. The second-order valence-corrected chi connectivity index (χ2v) is 2.84. The van der Waals surface area contributed by atoms with E-state index in [9.17, 15) is 5.11 Å². The first kappa shape index (κ1) is 7.69. The number of aromatic hydroxyl groups is 1. The summed E-state index contributed by atoms with van der Waals surface area (Å²) in [6.45, 7) is 1.87. The molecule has 0 amide bonds. The van der Waals surface area contributed by atoms with Crippen LogP contribution in [0.15, 0.2) is 22.6 Å². The maximum absolute atomic E-state index is 9.50. The van der Waals surface area contributed by atoms with E-state index in [-0.39, 0.29) is 11.5 Å². The number of benzene rings is 1. The van der Waals surface area contributed by atoms with Gasteiger partial charge in [-0.3, -0.25) is 0 Å². The Morgan fingerprint density at radius 2 is 2.23 bits per heavy atom. The Kier molecular flexibility index (Phi) is 1.49. The van der Waals surface area contributed by atoms with Gasteiger partial charge in [-0.1, -0.05) is 12.1 Å². The monoisotopic (exact) mass is 173 g/mol. The number of hydrogen-bond donors (Lipinski definition) is 1. The summed E-state index contributed by atoms with van der Waals surface area (Å²) in [4.78, 5) is 0. The highest BCUT2D eigenvalue weighted by molar-refractivity contribution is 5.88. The molecule has 0 aliphatic heterocycles. The van der Waals surface area contributed by atoms with Gasteiger partial charge < -0.3 is 9.52 Å². The molecule has 1 aromatic carbocycles. The van der Waals surface area contributed by atoms with Crippen LogP contribution >= 0.6 is 0 Å². The van der Waals surface area contributed by atoms with E-state index < -0.39 is 0 Å². The van der Waals surface area contributed by atoms with Gasteiger partial charge in [-0.25, -0.2) is 0 Å². The lowest BCUT2D eigenvalue weighted by Gasteiger charge is -1.91. The third-order valence-corrected chi connectivity index (χ3v) is 1.99. The molecular weight excluding hydrogens is 166 g/mol. The minimum atomic E-state index is -0.0683. The molecule has 1 N–H and O–H groups in total. The Morgan fingerprint density at radius 1 is 1.46 bits per heavy atom. The van der Waals surface area contributed by atoms with Crippen LogP contribution in [0, 0.1) is 18.3 Å². The first-order chi connectivity index (χ1) is 6.24. The molecule has 1 heterocycles. The van der Waals surface area contributed by atoms with Gasteiger partial charge in [0.15, 0.2) is 5.75 Å². The lowest BCUT2D eigenvalue weighted by molar-refractivity contribution is 0.459. The van der Waals surface area contributed by atoms with Gasteiger partial charge in [0.1, 0.15) is 11.7 Å². The fourth-order valence-electron chi connectivity index (χ4n) is 1.32. The summed E-state index contributed by atoms with van der Waals surface area (Å²) in [7, 11) is 0. The topological polar surface area (TPSA) is 57.2 Å². The quantitative estimate of drug-likeness (QED) is 0.665. The van der Waals surface area contributed by atoms with Crippen LogP contribution in [0.2, 0.25) is 0 Å². The van der Waals surface area contributed by atoms with Crippen molar-refractivity contribution >= 4 is 11.0 Å². The van der Waals surface area contributed by atoms with Gasteiger partial charge in [0, 0.05) is 0 Å². The van der Waals surface area contributed by atoms with Gasteiger partial charge in [0.2, 0.25) is 5.76 Å². The van der Waals surface area contributed by atoms with E-state index in [1.165, 1.54) is 0 Å². The van der Waals surface area contributed by atoms with Crippen LogP contribution < -0.4 is 0 Å². The molecule has 0 saturated heterocycles. The number of para-hydroxylation sites is 1. The molecule has 0 spiro atoms. The fraction of sp³-hybridized carbons (Fsp3) is 0.100. The second kappa shape index (κ2) is 2.53. The summed E-state index contributed by atoms with van der Waals surface area (Å²) in [5.74, 6) is -0.0921. The van der Waals surface area contributed by atoms with Crippen LogP contribution in [-0.4, -0.2) is 5.11 Å². The van der Waals surface area contributed by atoms with Crippen molar-refractivity contribution in [2.24, 2.45) is 0 Å². The number of rotatable bonds is 0. The van der Waals surface area contributed by atoms with Gasteiger partial charge in [0.25, 0.3) is 0 Å². The predicted octanol–water partition coefficient (Wildman–Crippen LogP) is 2.32. The normalized spacial score (nSPS) is 10.2. The number of nitrogens with zero attached hydrogens (tertiary/aromatic N) is 1. The van der Waals surface area contributed by atoms with Crippen molar-refractivity contribution in [3.05, 3.63) is 29.5 Å². The molecule has 0 bridgehead atoms. The molecule has 2 rings (SSSR count). The number of fused-ring (bicyclic) bond motifs is 1. The molecule has 0 aliphatic rings. The molecule has 1 aromatic heterocycles. The third kappa shape index (κ3) is 0.960. The number of hydrogen-bond acceptors (Lipinski definition) is 3. The summed E-state index contributed by atoms with van der Waals surface area (Å²) in [5, 5.41) is 18.7. The van der Waals surface area contributed by atoms with Gasteiger partial charge >= 0.3 is 0 Å². The smallest absolute Gasteiger partial charge is 0.246 e. The van der Waals surface area contributed by atoms with E-state index in [4.69, 9.17) is 9.68 Å². The molecule has 0 aliphatic carbocycles. The Balaban J connectivity index is 2.94. The van der Waals surface area contributed by atoms with Crippen molar-refractivity contribution in [3.63, 3.8) is 0 Å². The molecular formula is C10H7NO2. The molecule has 0 saturated carbocycles. The van der Waals surface area contributed by atoms with E-state index >= 15 is 0 Å². The van der Waals surface area contributed by atoms with E-state index in [1.54, 1.807) is 12.1 Å². The summed E-state index contributed by atoms with van der Waals surface area (Å²) in [6.07, 6.45) is 0. The summed E-state index contributed by atoms with van der Waals surface area (Å²) < 4.78 is 5.17. The molecule has 2 aromatic rings.